The van der Waals surface area contributed by atoms with Crippen molar-refractivity contribution >= 4 is 31.9 Å². The van der Waals surface area contributed by atoms with Gasteiger partial charge in [0.15, 0.2) is 0 Å². The predicted molar refractivity (Wildman–Crippen MR) is 71.3 cm³/mol. The van der Waals surface area contributed by atoms with Crippen LogP contribution in [0.25, 0.3) is 0 Å². The maximum absolute atomic E-state index is 5.88. The molecule has 0 N–H and O–H groups in total. The van der Waals surface area contributed by atoms with E-state index in [4.69, 9.17) is 9.47 Å². The van der Waals surface area contributed by atoms with Crippen LogP contribution < -0.4 is 4.74 Å². The number of ether oxygens (including phenoxy) is 2. The first-order chi connectivity index (χ1) is 7.70. The third kappa shape index (κ3) is 2.79. The number of rotatable bonds is 4. The van der Waals surface area contributed by atoms with Gasteiger partial charge in [-0.2, -0.15) is 0 Å². The van der Waals surface area contributed by atoms with Crippen molar-refractivity contribution in [1.29, 1.82) is 0 Å². The summed E-state index contributed by atoms with van der Waals surface area (Å²) in [5.74, 6) is 0.892. The Morgan fingerprint density at radius 1 is 1.44 bits per heavy atom. The summed E-state index contributed by atoms with van der Waals surface area (Å²) in [6.07, 6.45) is 1.33. The molecule has 2 nitrogen and oxygen atoms in total. The zero-order chi connectivity index (χ0) is 11.5. The fourth-order valence-corrected chi connectivity index (χ4v) is 3.00. The Bertz CT molecular complexity index is 357. The minimum absolute atomic E-state index is 0.165. The van der Waals surface area contributed by atoms with Crippen molar-refractivity contribution in [3.05, 3.63) is 28.7 Å². The van der Waals surface area contributed by atoms with E-state index < -0.39 is 0 Å². The molecule has 2 rings (SSSR count). The molecule has 0 radical (unpaired) electrons. The van der Waals surface area contributed by atoms with E-state index in [-0.39, 0.29) is 12.2 Å². The molecular weight excluding hydrogens is 336 g/mol. The largest absolute Gasteiger partial charge is 0.488 e. The lowest BCUT2D eigenvalue weighted by Crippen LogP contribution is -2.52. The molecule has 1 fully saturated rings. The zero-order valence-corrected chi connectivity index (χ0v) is 12.2. The van der Waals surface area contributed by atoms with E-state index in [0.717, 1.165) is 23.2 Å². The van der Waals surface area contributed by atoms with Crippen LogP contribution in [0.4, 0.5) is 0 Å². The Kier molecular flexibility index (Phi) is 4.27. The molecule has 0 amide bonds. The smallest absolute Gasteiger partial charge is 0.127 e. The van der Waals surface area contributed by atoms with Crippen molar-refractivity contribution in [2.24, 2.45) is 0 Å². The van der Waals surface area contributed by atoms with Crippen LogP contribution in [0.15, 0.2) is 28.7 Å². The summed E-state index contributed by atoms with van der Waals surface area (Å²) in [6.45, 7) is 2.74. The zero-order valence-electron chi connectivity index (χ0n) is 9.03. The van der Waals surface area contributed by atoms with E-state index in [1.807, 2.05) is 31.2 Å². The molecule has 3 atom stereocenters. The van der Waals surface area contributed by atoms with E-state index in [2.05, 4.69) is 31.9 Å². The van der Waals surface area contributed by atoms with Crippen LogP contribution >= 0.6 is 31.9 Å². The summed E-state index contributed by atoms with van der Waals surface area (Å²) in [5, 5.41) is 0. The molecule has 3 unspecified atom stereocenters. The number of hydrogen-bond acceptors (Lipinski definition) is 2. The van der Waals surface area contributed by atoms with Gasteiger partial charge in [0.25, 0.3) is 0 Å². The third-order valence-electron chi connectivity index (χ3n) is 2.62. The summed E-state index contributed by atoms with van der Waals surface area (Å²) in [4.78, 5) is 0.421. The van der Waals surface area contributed by atoms with Crippen LogP contribution in [-0.2, 0) is 4.74 Å². The Morgan fingerprint density at radius 2 is 2.25 bits per heavy atom. The van der Waals surface area contributed by atoms with Gasteiger partial charge in [0.05, 0.1) is 0 Å². The van der Waals surface area contributed by atoms with Gasteiger partial charge in [-0.3, -0.25) is 0 Å². The highest BCUT2D eigenvalue weighted by molar-refractivity contribution is 9.10. The summed E-state index contributed by atoms with van der Waals surface area (Å²) >= 11 is 7.01. The van der Waals surface area contributed by atoms with Gasteiger partial charge in [0.1, 0.15) is 18.0 Å². The van der Waals surface area contributed by atoms with Crippen LogP contribution in [0, 0.1) is 0 Å². The Balaban J connectivity index is 1.95. The van der Waals surface area contributed by atoms with Gasteiger partial charge < -0.3 is 9.47 Å². The molecule has 1 aliphatic carbocycles. The van der Waals surface area contributed by atoms with E-state index >= 15 is 0 Å². The molecule has 0 aromatic heterocycles. The van der Waals surface area contributed by atoms with E-state index in [1.54, 1.807) is 0 Å². The normalized spacial score (nSPS) is 28.6. The lowest BCUT2D eigenvalue weighted by molar-refractivity contribution is -0.0723. The van der Waals surface area contributed by atoms with Crippen molar-refractivity contribution in [1.82, 2.24) is 0 Å². The highest BCUT2D eigenvalue weighted by atomic mass is 79.9. The molecule has 0 spiro atoms. The average Bonchev–Trinajstić information content (AvgIpc) is 2.26. The van der Waals surface area contributed by atoms with Crippen molar-refractivity contribution in [3.8, 4) is 5.75 Å². The van der Waals surface area contributed by atoms with Crippen molar-refractivity contribution < 1.29 is 9.47 Å². The number of hydrogen-bond donors (Lipinski definition) is 0. The first-order valence-electron chi connectivity index (χ1n) is 5.38. The molecule has 4 heteroatoms. The highest BCUT2D eigenvalue weighted by Gasteiger charge is 2.42. The van der Waals surface area contributed by atoms with Crippen LogP contribution in [-0.4, -0.2) is 23.6 Å². The van der Waals surface area contributed by atoms with Crippen molar-refractivity contribution in [2.75, 3.05) is 6.61 Å². The third-order valence-corrected chi connectivity index (χ3v) is 4.01. The van der Waals surface area contributed by atoms with Crippen molar-refractivity contribution in [2.45, 2.75) is 30.4 Å². The topological polar surface area (TPSA) is 18.5 Å². The van der Waals surface area contributed by atoms with Gasteiger partial charge in [-0.1, -0.05) is 37.9 Å². The van der Waals surface area contributed by atoms with Gasteiger partial charge in [-0.25, -0.2) is 0 Å². The average molecular weight is 350 g/mol. The minimum atomic E-state index is 0.165. The maximum atomic E-state index is 5.88. The van der Waals surface area contributed by atoms with Gasteiger partial charge in [0, 0.05) is 22.3 Å². The second-order valence-corrected chi connectivity index (χ2v) is 5.88. The molecule has 0 heterocycles. The predicted octanol–water partition coefficient (Wildman–Crippen LogP) is 3.77. The lowest BCUT2D eigenvalue weighted by Gasteiger charge is -2.40. The first kappa shape index (κ1) is 12.4. The fourth-order valence-electron chi connectivity index (χ4n) is 1.76. The Morgan fingerprint density at radius 3 is 2.88 bits per heavy atom. The summed E-state index contributed by atoms with van der Waals surface area (Å²) in [6, 6.07) is 7.90. The number of alkyl halides is 1. The van der Waals surface area contributed by atoms with E-state index in [0.29, 0.717) is 4.83 Å². The monoisotopic (exact) mass is 348 g/mol. The van der Waals surface area contributed by atoms with E-state index in [1.165, 1.54) is 0 Å². The summed E-state index contributed by atoms with van der Waals surface area (Å²) in [7, 11) is 0. The second-order valence-electron chi connectivity index (χ2n) is 3.79. The molecule has 16 heavy (non-hydrogen) atoms. The van der Waals surface area contributed by atoms with Crippen LogP contribution in [0.3, 0.4) is 0 Å². The van der Waals surface area contributed by atoms with Crippen LogP contribution in [0.1, 0.15) is 13.3 Å². The summed E-state index contributed by atoms with van der Waals surface area (Å²) < 4.78 is 12.5. The summed E-state index contributed by atoms with van der Waals surface area (Å²) in [5.41, 5.74) is 0. The SMILES string of the molecule is CCOC1C(Br)CC1Oc1cccc(Br)c1. The molecule has 1 saturated carbocycles. The standard InChI is InChI=1S/C12H14Br2O2/c1-2-15-12-10(14)7-11(12)16-9-5-3-4-8(13)6-9/h3-6,10-12H,2,7H2,1H3. The maximum Gasteiger partial charge on any atom is 0.127 e. The molecule has 0 bridgehead atoms. The number of halogens is 2. The number of benzene rings is 1. The van der Waals surface area contributed by atoms with Gasteiger partial charge in [0.2, 0.25) is 0 Å². The first-order valence-corrected chi connectivity index (χ1v) is 7.09. The molecule has 0 aliphatic heterocycles. The molecule has 1 aromatic rings. The molecule has 1 aliphatic rings. The second kappa shape index (κ2) is 5.52. The van der Waals surface area contributed by atoms with Crippen LogP contribution in [0.5, 0.6) is 5.75 Å². The van der Waals surface area contributed by atoms with Crippen LogP contribution in [0.2, 0.25) is 0 Å². The van der Waals surface area contributed by atoms with Gasteiger partial charge in [-0.15, -0.1) is 0 Å². The van der Waals surface area contributed by atoms with Gasteiger partial charge >= 0.3 is 0 Å². The van der Waals surface area contributed by atoms with Crippen molar-refractivity contribution in [3.63, 3.8) is 0 Å². The Hall–Kier alpha value is -0.0600. The minimum Gasteiger partial charge on any atom is -0.488 e. The molecular formula is C12H14Br2O2. The lowest BCUT2D eigenvalue weighted by atomic mass is 9.91. The fraction of sp³-hybridized carbons (Fsp3) is 0.500. The van der Waals surface area contributed by atoms with E-state index in [9.17, 15) is 0 Å². The molecule has 0 saturated heterocycles. The Labute approximate surface area is 113 Å². The quantitative estimate of drug-likeness (QED) is 0.770. The molecule has 1 aromatic carbocycles. The molecule has 88 valence electrons. The van der Waals surface area contributed by atoms with Gasteiger partial charge in [-0.05, 0) is 25.1 Å². The highest BCUT2D eigenvalue weighted by Crippen LogP contribution is 2.34.